The molecule has 0 saturated carbocycles. The maximum Gasteiger partial charge on any atom is 1.00 e. The molecule has 0 aliphatic rings. The van der Waals surface area contributed by atoms with Crippen molar-refractivity contribution in [3.05, 3.63) is 71.1 Å². The normalized spacial score (nSPS) is 8.06. The van der Waals surface area contributed by atoms with Crippen LogP contribution in [0.5, 0.6) is 5.75 Å². The number of hydrogen-bond donors (Lipinski definition) is 1. The number of carbonyl (C=O) groups is 1. The number of halogens is 3. The first-order valence-electron chi connectivity index (χ1n) is 7.37. The number of phenolic OH excluding ortho intramolecular Hbond substituents is 1. The molecule has 0 saturated heterocycles. The van der Waals surface area contributed by atoms with Crippen molar-refractivity contribution in [2.45, 2.75) is 13.8 Å². The second-order valence-corrected chi connectivity index (χ2v) is 7.78. The van der Waals surface area contributed by atoms with Gasteiger partial charge < -0.3 is 16.7 Å². The molecule has 31 heavy (non-hydrogen) atoms. The van der Waals surface area contributed by atoms with Gasteiger partial charge in [0.15, 0.2) is 0 Å². The van der Waals surface area contributed by atoms with Gasteiger partial charge in [-0.25, -0.2) is 0 Å². The number of nitrogens with zero attached hydrogens (tertiary/aromatic N) is 2. The maximum absolute atomic E-state index is 10.3. The fourth-order valence-corrected chi connectivity index (χ4v) is 1.85. The first kappa shape index (κ1) is 39.6. The number of phenols is 1. The molecule has 0 aliphatic heterocycles. The van der Waals surface area contributed by atoms with E-state index in [-0.39, 0.29) is 128 Å². The zero-order valence-electron chi connectivity index (χ0n) is 18.1. The molecule has 162 valence electrons. The number of aromatic hydroxyl groups is 1. The smallest absolute Gasteiger partial charge is 1.00 e. The SMILES string of the molecule is CCI.Cc1cc([N+](=O)[O-])ccc1Br.O=CO[O-].O=[N+]([O-])c1ccc(Br)c(O)c1.[H-].[K+].[K+]. The van der Waals surface area contributed by atoms with Gasteiger partial charge in [-0.05, 0) is 45.0 Å². The molecule has 0 spiro atoms. The minimum absolute atomic E-state index is 0. The van der Waals surface area contributed by atoms with Crippen LogP contribution in [-0.4, -0.2) is 25.9 Å². The Bertz CT molecular complexity index is 764. The van der Waals surface area contributed by atoms with Crippen molar-refractivity contribution in [3.63, 3.8) is 0 Å². The summed E-state index contributed by atoms with van der Waals surface area (Å²) in [6.07, 6.45) is 0. The number of nitro groups is 2. The summed E-state index contributed by atoms with van der Waals surface area (Å²) in [7, 11) is 0. The number of non-ortho nitro benzene ring substituents is 2. The molecule has 0 fully saturated rings. The van der Waals surface area contributed by atoms with Gasteiger partial charge in [0, 0.05) is 22.7 Å². The van der Waals surface area contributed by atoms with Crippen molar-refractivity contribution < 1.29 is 134 Å². The molecule has 2 aromatic rings. The van der Waals surface area contributed by atoms with E-state index in [0.717, 1.165) is 16.1 Å². The molecule has 10 nitrogen and oxygen atoms in total. The molecule has 15 heteroatoms. The molecule has 0 bridgehead atoms. The summed E-state index contributed by atoms with van der Waals surface area (Å²) >= 11 is 8.55. The quantitative estimate of drug-likeness (QED) is 0.0780. The molecule has 2 aromatic carbocycles. The van der Waals surface area contributed by atoms with Gasteiger partial charge in [0.05, 0.1) is 20.4 Å². The number of rotatable bonds is 3. The molecule has 0 unspecified atom stereocenters. The summed E-state index contributed by atoms with van der Waals surface area (Å²) in [5, 5.41) is 37.8. The van der Waals surface area contributed by atoms with Crippen molar-refractivity contribution >= 4 is 72.3 Å². The molecule has 0 aliphatic carbocycles. The molecule has 1 N–H and O–H groups in total. The van der Waals surface area contributed by atoms with Gasteiger partial charge in [0.1, 0.15) is 5.75 Å². The van der Waals surface area contributed by atoms with E-state index in [2.05, 4.69) is 66.3 Å². The Morgan fingerprint density at radius 2 is 1.42 bits per heavy atom. The topological polar surface area (TPSA) is 156 Å². The third kappa shape index (κ3) is 20.5. The Balaban J connectivity index is -0.000000110. The van der Waals surface area contributed by atoms with E-state index in [1.54, 1.807) is 6.07 Å². The molecule has 0 amide bonds. The number of nitro benzene ring substituents is 2. The molecule has 2 rings (SSSR count). The standard InChI is InChI=1S/C7H6BrNO2.C6H4BrNO3.C2H5I.CH2O3.2K.H/c1-5-4-6(9(10)11)2-3-7(5)8;7-5-2-1-4(8(10)11)3-6(5)9;1-2-3;2-1-4-3;;;/h2-4H,1H3;1-3,9H;2H2,1H3;1,3H;;;/q;;;;2*+1;-1/p-1. The van der Waals surface area contributed by atoms with Gasteiger partial charge in [0.25, 0.3) is 17.8 Å². The summed E-state index contributed by atoms with van der Waals surface area (Å²) in [6.45, 7) is 3.75. The average Bonchev–Trinajstić information content (AvgIpc) is 2.67. The molecular formula is C16H17Br2IK2N2O8. The number of alkyl halides is 1. The van der Waals surface area contributed by atoms with Gasteiger partial charge in [-0.1, -0.05) is 45.4 Å². The van der Waals surface area contributed by atoms with E-state index >= 15 is 0 Å². The average molecular weight is 730 g/mol. The van der Waals surface area contributed by atoms with E-state index < -0.39 is 9.85 Å². The van der Waals surface area contributed by atoms with Gasteiger partial charge in [-0.3, -0.25) is 25.0 Å². The number of carbonyl (C=O) groups excluding carboxylic acids is 1. The Labute approximate surface area is 295 Å². The predicted octanol–water partition coefficient (Wildman–Crippen LogP) is -1.27. The fraction of sp³-hybridized carbons (Fsp3) is 0.188. The number of aryl methyl sites for hydroxylation is 1. The third-order valence-electron chi connectivity index (χ3n) is 2.53. The van der Waals surface area contributed by atoms with Gasteiger partial charge in [-0.2, -0.15) is 0 Å². The fourth-order valence-electron chi connectivity index (χ4n) is 1.36. The van der Waals surface area contributed by atoms with Crippen LogP contribution < -0.4 is 108 Å². The van der Waals surface area contributed by atoms with Gasteiger partial charge in [-0.15, -0.1) is 0 Å². The van der Waals surface area contributed by atoms with Gasteiger partial charge >= 0.3 is 103 Å². The molecule has 0 aromatic heterocycles. The van der Waals surface area contributed by atoms with Crippen LogP contribution in [0.15, 0.2) is 45.3 Å². The summed E-state index contributed by atoms with van der Waals surface area (Å²) < 4.78 is 2.56. The second kappa shape index (κ2) is 24.6. The van der Waals surface area contributed by atoms with Crippen molar-refractivity contribution in [1.29, 1.82) is 0 Å². The van der Waals surface area contributed by atoms with Crippen LogP contribution in [0.25, 0.3) is 0 Å². The van der Waals surface area contributed by atoms with Crippen molar-refractivity contribution in [2.75, 3.05) is 4.43 Å². The van der Waals surface area contributed by atoms with Crippen LogP contribution in [0, 0.1) is 27.2 Å². The first-order chi connectivity index (χ1) is 13.5. The summed E-state index contributed by atoms with van der Waals surface area (Å²) in [6, 6.07) is 8.50. The van der Waals surface area contributed by atoms with Crippen molar-refractivity contribution in [1.82, 2.24) is 0 Å². The molecular weight excluding hydrogens is 713 g/mol. The Hall–Kier alpha value is 1.43. The van der Waals surface area contributed by atoms with Crippen LogP contribution >= 0.6 is 54.5 Å². The van der Waals surface area contributed by atoms with Crippen LogP contribution in [0.4, 0.5) is 11.4 Å². The summed E-state index contributed by atoms with van der Waals surface area (Å²) in [4.78, 5) is 30.7. The zero-order valence-corrected chi connectivity index (χ0v) is 28.7. The first-order valence-corrected chi connectivity index (χ1v) is 10.5. The molecule has 0 heterocycles. The van der Waals surface area contributed by atoms with Crippen molar-refractivity contribution in [3.8, 4) is 5.75 Å². The Kier molecular flexibility index (Phi) is 31.4. The largest absolute Gasteiger partial charge is 1.00 e. The molecule has 0 atom stereocenters. The van der Waals surface area contributed by atoms with E-state index in [1.165, 1.54) is 28.7 Å². The van der Waals surface area contributed by atoms with Crippen LogP contribution in [0.3, 0.4) is 0 Å². The van der Waals surface area contributed by atoms with E-state index in [4.69, 9.17) is 15.2 Å². The van der Waals surface area contributed by atoms with Crippen LogP contribution in [-0.2, 0) is 9.68 Å². The number of hydrogen-bond acceptors (Lipinski definition) is 8. The minimum atomic E-state index is -0.563. The Morgan fingerprint density at radius 3 is 1.71 bits per heavy atom. The van der Waals surface area contributed by atoms with Crippen LogP contribution in [0.2, 0.25) is 0 Å². The Morgan fingerprint density at radius 1 is 1.06 bits per heavy atom. The zero-order chi connectivity index (χ0) is 23.0. The molecule has 0 radical (unpaired) electrons. The minimum Gasteiger partial charge on any atom is -1.00 e. The van der Waals surface area contributed by atoms with Gasteiger partial charge in [0.2, 0.25) is 0 Å². The predicted molar refractivity (Wildman–Crippen MR) is 121 cm³/mol. The third-order valence-corrected chi connectivity index (χ3v) is 4.09. The van der Waals surface area contributed by atoms with E-state index in [9.17, 15) is 20.2 Å². The van der Waals surface area contributed by atoms with Crippen LogP contribution in [0.1, 0.15) is 13.9 Å². The van der Waals surface area contributed by atoms with E-state index in [0.29, 0.717) is 4.47 Å². The van der Waals surface area contributed by atoms with Crippen molar-refractivity contribution in [2.24, 2.45) is 0 Å². The van der Waals surface area contributed by atoms with E-state index in [1.807, 2.05) is 6.92 Å². The summed E-state index contributed by atoms with van der Waals surface area (Å²) in [5.41, 5.74) is 0.885. The monoisotopic (exact) mass is 728 g/mol. The second-order valence-electron chi connectivity index (χ2n) is 4.54. The number of benzene rings is 2. The summed E-state index contributed by atoms with van der Waals surface area (Å²) in [5.74, 6) is -0.126. The maximum atomic E-state index is 10.3.